The summed E-state index contributed by atoms with van der Waals surface area (Å²) >= 11 is 0. The van der Waals surface area contributed by atoms with Gasteiger partial charge < -0.3 is 10.1 Å². The van der Waals surface area contributed by atoms with Crippen molar-refractivity contribution < 1.29 is 18.8 Å². The normalized spacial score (nSPS) is 15.2. The number of aromatic nitrogens is 1. The molecule has 166 valence electrons. The van der Waals surface area contributed by atoms with Gasteiger partial charge in [0.1, 0.15) is 12.0 Å². The average Bonchev–Trinajstić information content (AvgIpc) is 2.85. The minimum absolute atomic E-state index is 0.134. The van der Waals surface area contributed by atoms with Gasteiger partial charge in [0.25, 0.3) is 5.91 Å². The molecule has 0 aliphatic carbocycles. The van der Waals surface area contributed by atoms with Crippen molar-refractivity contribution in [1.82, 2.24) is 15.4 Å². The van der Waals surface area contributed by atoms with Crippen LogP contribution in [0.25, 0.3) is 0 Å². The number of pyridine rings is 1. The molecule has 1 aliphatic rings. The summed E-state index contributed by atoms with van der Waals surface area (Å²) < 4.78 is 18.5. The quantitative estimate of drug-likeness (QED) is 0.527. The Balaban J connectivity index is 1.47. The molecule has 1 amide bonds. The summed E-state index contributed by atoms with van der Waals surface area (Å²) in [6, 6.07) is 17.1. The Morgan fingerprint density at radius 3 is 2.53 bits per heavy atom. The van der Waals surface area contributed by atoms with Crippen LogP contribution in [0.1, 0.15) is 27.7 Å². The fourth-order valence-electron chi connectivity index (χ4n) is 3.54. The first-order valence-corrected chi connectivity index (χ1v) is 10.4. The van der Waals surface area contributed by atoms with Crippen molar-refractivity contribution in [2.24, 2.45) is 0 Å². The van der Waals surface area contributed by atoms with Gasteiger partial charge in [-0.2, -0.15) is 0 Å². The molecular weight excluding hydrogens is 411 g/mol. The Labute approximate surface area is 186 Å². The highest BCUT2D eigenvalue weighted by atomic mass is 19.1. The number of ether oxygens (including phenoxy) is 1. The molecule has 0 saturated carbocycles. The molecule has 3 aromatic rings. The Hall–Kier alpha value is -3.33. The Morgan fingerprint density at radius 1 is 1.06 bits per heavy atom. The van der Waals surface area contributed by atoms with Crippen molar-refractivity contribution >= 4 is 11.6 Å². The van der Waals surface area contributed by atoms with Crippen LogP contribution in [0.3, 0.4) is 0 Å². The smallest absolute Gasteiger partial charge is 0.276 e. The van der Waals surface area contributed by atoms with Crippen LogP contribution in [-0.2, 0) is 16.2 Å². The lowest BCUT2D eigenvalue weighted by atomic mass is 10.1. The number of hydrogen-bond acceptors (Lipinski definition) is 6. The largest absolute Gasteiger partial charge is 0.379 e. The molecule has 0 spiro atoms. The molecule has 2 aromatic carbocycles. The molecule has 1 aromatic heterocycles. The summed E-state index contributed by atoms with van der Waals surface area (Å²) in [5.74, 6) is -0.688. The highest BCUT2D eigenvalue weighted by Gasteiger charge is 2.24. The number of amides is 1. The van der Waals surface area contributed by atoms with Gasteiger partial charge in [-0.1, -0.05) is 24.3 Å². The van der Waals surface area contributed by atoms with Gasteiger partial charge in [0.15, 0.2) is 0 Å². The maximum Gasteiger partial charge on any atom is 0.276 e. The van der Waals surface area contributed by atoms with Crippen LogP contribution < -0.4 is 10.8 Å². The topological polar surface area (TPSA) is 75.7 Å². The summed E-state index contributed by atoms with van der Waals surface area (Å²) in [6.07, 6.45) is 3.37. The van der Waals surface area contributed by atoms with Crippen molar-refractivity contribution in [2.45, 2.75) is 12.8 Å². The molecule has 2 heterocycles. The molecule has 1 atom stereocenters. The van der Waals surface area contributed by atoms with Crippen LogP contribution in [0.2, 0.25) is 0 Å². The maximum absolute atomic E-state index is 13.0. The second-order valence-corrected chi connectivity index (χ2v) is 7.37. The molecular formula is C24H25FN4O3. The number of para-hydroxylation sites is 1. The molecule has 1 saturated heterocycles. The van der Waals surface area contributed by atoms with Crippen LogP contribution in [0, 0.1) is 5.82 Å². The van der Waals surface area contributed by atoms with Gasteiger partial charge in [-0.05, 0) is 47.5 Å². The van der Waals surface area contributed by atoms with E-state index in [4.69, 9.17) is 9.57 Å². The Kier molecular flexibility index (Phi) is 7.39. The van der Waals surface area contributed by atoms with Gasteiger partial charge in [0, 0.05) is 31.2 Å². The van der Waals surface area contributed by atoms with Gasteiger partial charge in [-0.3, -0.25) is 19.5 Å². The number of benzene rings is 2. The van der Waals surface area contributed by atoms with Gasteiger partial charge in [-0.15, -0.1) is 0 Å². The third kappa shape index (κ3) is 5.67. The zero-order chi connectivity index (χ0) is 22.2. The Morgan fingerprint density at radius 2 is 1.78 bits per heavy atom. The fraction of sp³-hybridized carbons (Fsp3) is 0.250. The van der Waals surface area contributed by atoms with Crippen molar-refractivity contribution in [3.8, 4) is 0 Å². The molecule has 2 N–H and O–H groups in total. The number of carbonyl (C=O) groups is 1. The van der Waals surface area contributed by atoms with E-state index >= 15 is 0 Å². The van der Waals surface area contributed by atoms with Crippen molar-refractivity contribution in [3.63, 3.8) is 0 Å². The van der Waals surface area contributed by atoms with Crippen LogP contribution in [0.4, 0.5) is 10.1 Å². The molecule has 0 bridgehead atoms. The number of carbonyl (C=O) groups excluding carboxylic acids is 1. The van der Waals surface area contributed by atoms with Crippen LogP contribution in [0.15, 0.2) is 73.1 Å². The van der Waals surface area contributed by atoms with E-state index in [1.165, 1.54) is 12.1 Å². The van der Waals surface area contributed by atoms with E-state index in [1.54, 1.807) is 36.7 Å². The molecule has 32 heavy (non-hydrogen) atoms. The highest BCUT2D eigenvalue weighted by molar-refractivity contribution is 5.99. The van der Waals surface area contributed by atoms with Gasteiger partial charge in [0.2, 0.25) is 0 Å². The molecule has 4 rings (SSSR count). The summed E-state index contributed by atoms with van der Waals surface area (Å²) in [5, 5.41) is 3.51. The minimum Gasteiger partial charge on any atom is -0.379 e. The number of rotatable bonds is 8. The zero-order valence-corrected chi connectivity index (χ0v) is 17.5. The van der Waals surface area contributed by atoms with E-state index in [0.717, 1.165) is 24.2 Å². The van der Waals surface area contributed by atoms with Gasteiger partial charge in [0.05, 0.1) is 25.4 Å². The number of morpholine rings is 1. The number of nitrogens with one attached hydrogen (secondary N) is 2. The lowest BCUT2D eigenvalue weighted by Crippen LogP contribution is -2.42. The van der Waals surface area contributed by atoms with E-state index in [9.17, 15) is 9.18 Å². The van der Waals surface area contributed by atoms with Gasteiger partial charge >= 0.3 is 0 Å². The fourth-order valence-corrected chi connectivity index (χ4v) is 3.54. The number of halogens is 1. The average molecular weight is 436 g/mol. The third-order valence-electron chi connectivity index (χ3n) is 5.21. The predicted octanol–water partition coefficient (Wildman–Crippen LogP) is 3.53. The minimum atomic E-state index is -0.370. The van der Waals surface area contributed by atoms with E-state index in [-0.39, 0.29) is 24.5 Å². The first-order chi connectivity index (χ1) is 15.7. The zero-order valence-electron chi connectivity index (χ0n) is 17.5. The monoisotopic (exact) mass is 436 g/mol. The number of hydroxylamine groups is 1. The van der Waals surface area contributed by atoms with E-state index in [1.807, 2.05) is 24.3 Å². The molecule has 8 heteroatoms. The van der Waals surface area contributed by atoms with Crippen LogP contribution in [-0.4, -0.2) is 42.1 Å². The summed E-state index contributed by atoms with van der Waals surface area (Å²) in [4.78, 5) is 24.6. The van der Waals surface area contributed by atoms with Crippen LogP contribution in [0.5, 0.6) is 0 Å². The molecule has 1 aliphatic heterocycles. The molecule has 7 nitrogen and oxygen atoms in total. The SMILES string of the molecule is O=C(NOCc1ccc(F)cc1)c1ccccc1NC(c1ccncc1)N1CCOCC1. The first kappa shape index (κ1) is 21.9. The summed E-state index contributed by atoms with van der Waals surface area (Å²) in [7, 11) is 0. The Bertz CT molecular complexity index is 1010. The summed E-state index contributed by atoms with van der Waals surface area (Å²) in [5.41, 5.74) is 5.42. The molecule has 1 fully saturated rings. The number of hydrogen-bond donors (Lipinski definition) is 2. The lowest BCUT2D eigenvalue weighted by molar-refractivity contribution is 0.0211. The van der Waals surface area contributed by atoms with Crippen molar-refractivity contribution in [3.05, 3.63) is 95.6 Å². The molecule has 1 unspecified atom stereocenters. The van der Waals surface area contributed by atoms with Crippen molar-refractivity contribution in [2.75, 3.05) is 31.6 Å². The third-order valence-corrected chi connectivity index (χ3v) is 5.21. The van der Waals surface area contributed by atoms with E-state index in [0.29, 0.717) is 24.5 Å². The van der Waals surface area contributed by atoms with Gasteiger partial charge in [-0.25, -0.2) is 9.87 Å². The lowest BCUT2D eigenvalue weighted by Gasteiger charge is -2.36. The van der Waals surface area contributed by atoms with E-state index in [2.05, 4.69) is 20.7 Å². The number of anilines is 1. The second kappa shape index (κ2) is 10.8. The molecule has 0 radical (unpaired) electrons. The van der Waals surface area contributed by atoms with Crippen LogP contribution >= 0.6 is 0 Å². The number of nitrogens with zero attached hydrogens (tertiary/aromatic N) is 2. The maximum atomic E-state index is 13.0. The standard InChI is InChI=1S/C24H25FN4O3/c25-20-7-5-18(6-8-20)17-32-28-24(30)21-3-1-2-4-22(21)27-23(19-9-11-26-12-10-19)29-13-15-31-16-14-29/h1-12,23,27H,13-17H2,(H,28,30). The predicted molar refractivity (Wildman–Crippen MR) is 118 cm³/mol. The first-order valence-electron chi connectivity index (χ1n) is 10.4. The highest BCUT2D eigenvalue weighted by Crippen LogP contribution is 2.26. The second-order valence-electron chi connectivity index (χ2n) is 7.37. The van der Waals surface area contributed by atoms with E-state index < -0.39 is 0 Å². The summed E-state index contributed by atoms with van der Waals surface area (Å²) in [6.45, 7) is 2.99. The van der Waals surface area contributed by atoms with Crippen molar-refractivity contribution in [1.29, 1.82) is 0 Å².